The van der Waals surface area contributed by atoms with Crippen LogP contribution in [-0.2, 0) is 24.2 Å². The van der Waals surface area contributed by atoms with E-state index in [-0.39, 0.29) is 24.8 Å². The summed E-state index contributed by atoms with van der Waals surface area (Å²) in [5.74, 6) is 0. The van der Waals surface area contributed by atoms with E-state index in [9.17, 15) is 0 Å². The Hall–Kier alpha value is -0.357. The SMILES string of the molecule is CC1=CC=[C-]C1.C[C](C)=[Zr+2].Cc1cc2ccccc2[cH-]1.[Cl-].[Cl-]. The summed E-state index contributed by atoms with van der Waals surface area (Å²) in [5, 5.41) is 2.69. The van der Waals surface area contributed by atoms with Gasteiger partial charge >= 0.3 is 41.3 Å². The molecular formula is C19H22Cl2Zr-2. The Labute approximate surface area is 162 Å². The number of allylic oxidation sites excluding steroid dienone is 4. The molecule has 1 aliphatic carbocycles. The molecule has 0 saturated heterocycles. The molecule has 0 saturated carbocycles. The summed E-state index contributed by atoms with van der Waals surface area (Å²) in [6.45, 7) is 8.48. The Balaban J connectivity index is 0. The molecule has 118 valence electrons. The first kappa shape index (κ1) is 23.9. The van der Waals surface area contributed by atoms with Crippen molar-refractivity contribution in [3.63, 3.8) is 0 Å². The smallest absolute Gasteiger partial charge is 0.0579 e. The fourth-order valence-corrected chi connectivity index (χ4v) is 1.79. The van der Waals surface area contributed by atoms with Gasteiger partial charge in [-0.3, -0.25) is 6.08 Å². The second-order valence-electron chi connectivity index (χ2n) is 5.22. The molecule has 0 aromatic heterocycles. The molecule has 22 heavy (non-hydrogen) atoms. The summed E-state index contributed by atoms with van der Waals surface area (Å²) in [7, 11) is 0. The Morgan fingerprint density at radius 1 is 1.14 bits per heavy atom. The minimum atomic E-state index is 0. The molecule has 0 unspecified atom stereocenters. The Morgan fingerprint density at radius 3 is 2.14 bits per heavy atom. The monoisotopic (exact) mass is 410 g/mol. The van der Waals surface area contributed by atoms with E-state index in [1.54, 1.807) is 24.2 Å². The number of benzene rings is 1. The minimum absolute atomic E-state index is 0. The molecule has 0 radical (unpaired) electrons. The molecule has 0 atom stereocenters. The third kappa shape index (κ3) is 10.4. The average Bonchev–Trinajstić information content (AvgIpc) is 2.96. The van der Waals surface area contributed by atoms with Crippen molar-refractivity contribution in [2.75, 3.05) is 0 Å². The average molecular weight is 413 g/mol. The second-order valence-corrected chi connectivity index (χ2v) is 7.68. The van der Waals surface area contributed by atoms with Crippen molar-refractivity contribution in [2.24, 2.45) is 0 Å². The van der Waals surface area contributed by atoms with Gasteiger partial charge in [-0.15, -0.1) is 47.0 Å². The van der Waals surface area contributed by atoms with Crippen LogP contribution in [0.2, 0.25) is 0 Å². The fourth-order valence-electron chi connectivity index (χ4n) is 1.79. The normalized spacial score (nSPS) is 11.1. The standard InChI is InChI=1S/C10H9.C6H7.C3H6.2ClH.Zr/c1-8-6-9-4-2-3-5-10(9)7-8;1-6-4-2-3-5-6;1-3-2;;;/h2-7H,1H3;2,4H,5H2,1H3;1-2H3;2*1H;/q2*-1;;;;+2/p-2. The van der Waals surface area contributed by atoms with Crippen LogP contribution >= 0.6 is 0 Å². The second kappa shape index (κ2) is 13.1. The van der Waals surface area contributed by atoms with E-state index in [2.05, 4.69) is 76.2 Å². The molecule has 0 amide bonds. The van der Waals surface area contributed by atoms with Crippen LogP contribution in [0.5, 0.6) is 0 Å². The van der Waals surface area contributed by atoms with Crippen LogP contribution < -0.4 is 24.8 Å². The van der Waals surface area contributed by atoms with Crippen LogP contribution in [0.3, 0.4) is 0 Å². The van der Waals surface area contributed by atoms with Crippen molar-refractivity contribution in [1.82, 2.24) is 0 Å². The number of hydrogen-bond acceptors (Lipinski definition) is 0. The topological polar surface area (TPSA) is 0 Å². The van der Waals surface area contributed by atoms with E-state index in [0.717, 1.165) is 6.42 Å². The number of aryl methyl sites for hydroxylation is 1. The van der Waals surface area contributed by atoms with Crippen LogP contribution in [-0.4, -0.2) is 3.21 Å². The van der Waals surface area contributed by atoms with Crippen LogP contribution in [0, 0.1) is 13.0 Å². The summed E-state index contributed by atoms with van der Waals surface area (Å²) in [5.41, 5.74) is 2.76. The summed E-state index contributed by atoms with van der Waals surface area (Å²) in [6.07, 6.45) is 8.15. The number of fused-ring (bicyclic) bond motifs is 1. The maximum Gasteiger partial charge on any atom is -0.0579 e. The van der Waals surface area contributed by atoms with Gasteiger partial charge < -0.3 is 24.8 Å². The van der Waals surface area contributed by atoms with Crippen molar-refractivity contribution in [2.45, 2.75) is 34.1 Å². The Kier molecular flexibility index (Phi) is 14.3. The molecule has 0 N–H and O–H groups in total. The first-order valence-electron chi connectivity index (χ1n) is 6.85. The van der Waals surface area contributed by atoms with Gasteiger partial charge in [-0.25, -0.2) is 12.2 Å². The van der Waals surface area contributed by atoms with Gasteiger partial charge in [-0.2, -0.15) is 11.6 Å². The minimum Gasteiger partial charge on any atom is -1.00 e. The maximum absolute atomic E-state index is 3.05. The van der Waals surface area contributed by atoms with Crippen LogP contribution in [0.15, 0.2) is 54.1 Å². The van der Waals surface area contributed by atoms with Crippen LogP contribution in [0.25, 0.3) is 10.8 Å². The molecule has 0 fully saturated rings. The van der Waals surface area contributed by atoms with E-state index in [4.69, 9.17) is 0 Å². The summed E-state index contributed by atoms with van der Waals surface area (Å²) >= 11 is 1.55. The Bertz CT molecular complexity index is 584. The molecule has 3 rings (SSSR count). The van der Waals surface area contributed by atoms with Crippen molar-refractivity contribution >= 4 is 14.0 Å². The quantitative estimate of drug-likeness (QED) is 0.503. The molecule has 2 aromatic carbocycles. The van der Waals surface area contributed by atoms with Crippen LogP contribution in [0.1, 0.15) is 32.8 Å². The first-order chi connectivity index (χ1) is 9.49. The zero-order valence-corrected chi connectivity index (χ0v) is 17.6. The molecule has 1 aliphatic rings. The Morgan fingerprint density at radius 2 is 1.73 bits per heavy atom. The fraction of sp³-hybridized carbons (Fsp3) is 0.263. The predicted molar refractivity (Wildman–Crippen MR) is 86.8 cm³/mol. The van der Waals surface area contributed by atoms with E-state index in [1.165, 1.54) is 25.1 Å². The first-order valence-corrected chi connectivity index (χ1v) is 8.08. The van der Waals surface area contributed by atoms with Gasteiger partial charge in [0.2, 0.25) is 0 Å². The molecule has 0 nitrogen and oxygen atoms in total. The predicted octanol–water partition coefficient (Wildman–Crippen LogP) is -0.684. The van der Waals surface area contributed by atoms with E-state index in [0.29, 0.717) is 0 Å². The van der Waals surface area contributed by atoms with Crippen molar-refractivity contribution in [3.8, 4) is 0 Å². The van der Waals surface area contributed by atoms with Gasteiger partial charge in [0.1, 0.15) is 0 Å². The van der Waals surface area contributed by atoms with Gasteiger partial charge in [0, 0.05) is 0 Å². The van der Waals surface area contributed by atoms with Gasteiger partial charge in [0.05, 0.1) is 0 Å². The number of hydrogen-bond donors (Lipinski definition) is 0. The van der Waals surface area contributed by atoms with Crippen molar-refractivity contribution in [1.29, 1.82) is 0 Å². The zero-order valence-electron chi connectivity index (χ0n) is 13.6. The van der Waals surface area contributed by atoms with E-state index in [1.807, 2.05) is 6.08 Å². The van der Waals surface area contributed by atoms with E-state index < -0.39 is 0 Å². The third-order valence-corrected chi connectivity index (χ3v) is 2.63. The molecule has 0 spiro atoms. The maximum atomic E-state index is 3.05. The zero-order chi connectivity index (χ0) is 15.0. The molecule has 3 heteroatoms. The van der Waals surface area contributed by atoms with Gasteiger partial charge in [0.15, 0.2) is 0 Å². The van der Waals surface area contributed by atoms with Gasteiger partial charge in [-0.05, 0) is 0 Å². The van der Waals surface area contributed by atoms with Crippen molar-refractivity contribution < 1.29 is 49.0 Å². The summed E-state index contributed by atoms with van der Waals surface area (Å²) < 4.78 is 1.51. The van der Waals surface area contributed by atoms with Crippen LogP contribution in [0.4, 0.5) is 0 Å². The summed E-state index contributed by atoms with van der Waals surface area (Å²) in [4.78, 5) is 0. The molecular weight excluding hydrogens is 390 g/mol. The van der Waals surface area contributed by atoms with E-state index >= 15 is 0 Å². The third-order valence-electron chi connectivity index (χ3n) is 2.63. The number of rotatable bonds is 0. The van der Waals surface area contributed by atoms with Gasteiger partial charge in [0.25, 0.3) is 0 Å². The van der Waals surface area contributed by atoms with Crippen molar-refractivity contribution in [3.05, 3.63) is 65.8 Å². The summed E-state index contributed by atoms with van der Waals surface area (Å²) in [6, 6.07) is 12.8. The molecule has 0 aliphatic heterocycles. The molecule has 2 aromatic rings. The van der Waals surface area contributed by atoms with Gasteiger partial charge in [-0.1, -0.05) is 19.9 Å². The molecule has 0 bridgehead atoms. The number of halogens is 2. The molecule has 0 heterocycles. The largest absolute Gasteiger partial charge is 1.00 e.